The highest BCUT2D eigenvalue weighted by Gasteiger charge is 2.20. The van der Waals surface area contributed by atoms with Crippen molar-refractivity contribution in [3.63, 3.8) is 0 Å². The largest absolute Gasteiger partial charge is 0.436 e. The molecule has 0 amide bonds. The number of aromatic nitrogens is 5. The van der Waals surface area contributed by atoms with Crippen LogP contribution in [0, 0.1) is 0 Å². The lowest BCUT2D eigenvalue weighted by molar-refractivity contribution is 0.620. The monoisotopic (exact) mass is 553 g/mol. The van der Waals surface area contributed by atoms with Gasteiger partial charge in [-0.25, -0.2) is 19.9 Å². The number of hydrogen-bond donors (Lipinski definition) is 0. The van der Waals surface area contributed by atoms with Crippen molar-refractivity contribution in [1.82, 2.24) is 24.9 Å². The highest BCUT2D eigenvalue weighted by molar-refractivity contribution is 6.03. The highest BCUT2D eigenvalue weighted by atomic mass is 16.3. The van der Waals surface area contributed by atoms with Crippen LogP contribution in [0.4, 0.5) is 0 Å². The molecule has 202 valence electrons. The molecule has 0 aliphatic heterocycles. The maximum atomic E-state index is 6.42. The van der Waals surface area contributed by atoms with E-state index in [2.05, 4.69) is 24.3 Å². The van der Waals surface area contributed by atoms with Crippen molar-refractivity contribution in [2.45, 2.75) is 0 Å². The zero-order valence-electron chi connectivity index (χ0n) is 22.9. The number of hydrogen-bond acceptors (Lipinski definition) is 6. The third kappa shape index (κ3) is 4.61. The Balaban J connectivity index is 1.40. The molecular weight excluding hydrogens is 530 g/mol. The van der Waals surface area contributed by atoms with Crippen LogP contribution in [-0.4, -0.2) is 24.9 Å². The lowest BCUT2D eigenvalue weighted by Gasteiger charge is -2.11. The smallest absolute Gasteiger partial charge is 0.227 e. The van der Waals surface area contributed by atoms with Gasteiger partial charge in [0, 0.05) is 45.0 Å². The molecule has 3 aromatic heterocycles. The summed E-state index contributed by atoms with van der Waals surface area (Å²) >= 11 is 0. The molecule has 8 rings (SSSR count). The van der Waals surface area contributed by atoms with Crippen molar-refractivity contribution in [3.05, 3.63) is 140 Å². The molecule has 0 radical (unpaired) electrons. The minimum absolute atomic E-state index is 0.543. The van der Waals surface area contributed by atoms with Crippen molar-refractivity contribution < 1.29 is 4.42 Å². The van der Waals surface area contributed by atoms with Gasteiger partial charge in [0.25, 0.3) is 0 Å². The van der Waals surface area contributed by atoms with Crippen LogP contribution in [0.1, 0.15) is 0 Å². The summed E-state index contributed by atoms with van der Waals surface area (Å²) < 4.78 is 6.42. The third-order valence-corrected chi connectivity index (χ3v) is 7.40. The van der Waals surface area contributed by atoms with Crippen molar-refractivity contribution in [2.75, 3.05) is 0 Å². The fourth-order valence-electron chi connectivity index (χ4n) is 5.33. The number of fused-ring (bicyclic) bond motifs is 2. The van der Waals surface area contributed by atoms with E-state index >= 15 is 0 Å². The Morgan fingerprint density at radius 3 is 1.65 bits per heavy atom. The third-order valence-electron chi connectivity index (χ3n) is 7.40. The zero-order valence-corrected chi connectivity index (χ0v) is 22.9. The molecule has 6 heteroatoms. The molecule has 3 heterocycles. The number of benzene rings is 5. The fourth-order valence-corrected chi connectivity index (χ4v) is 5.33. The van der Waals surface area contributed by atoms with E-state index in [0.717, 1.165) is 49.8 Å². The van der Waals surface area contributed by atoms with E-state index in [1.54, 1.807) is 0 Å². The van der Waals surface area contributed by atoms with Crippen LogP contribution in [0.5, 0.6) is 0 Å². The molecule has 0 unspecified atom stereocenters. The second-order valence-electron chi connectivity index (χ2n) is 10.2. The SMILES string of the molecule is c1ccc(-c2nc(-c3ccccc3)nc(-c3cc(-c4cccc5cccnc45)c4nc(-c5ccccc5)oc4c3)n2)cc1. The summed E-state index contributed by atoms with van der Waals surface area (Å²) in [5.41, 5.74) is 7.65. The summed E-state index contributed by atoms with van der Waals surface area (Å²) in [6.07, 6.45) is 1.81. The van der Waals surface area contributed by atoms with Gasteiger partial charge in [0.15, 0.2) is 23.1 Å². The van der Waals surface area contributed by atoms with Gasteiger partial charge in [-0.2, -0.15) is 0 Å². The van der Waals surface area contributed by atoms with E-state index in [0.29, 0.717) is 28.9 Å². The van der Waals surface area contributed by atoms with Crippen molar-refractivity contribution in [3.8, 4) is 56.7 Å². The molecule has 0 N–H and O–H groups in total. The molecule has 0 saturated heterocycles. The van der Waals surface area contributed by atoms with Crippen LogP contribution in [0.3, 0.4) is 0 Å². The van der Waals surface area contributed by atoms with E-state index in [4.69, 9.17) is 29.3 Å². The lowest BCUT2D eigenvalue weighted by Crippen LogP contribution is -2.00. The first-order valence-electron chi connectivity index (χ1n) is 14.0. The predicted octanol–water partition coefficient (Wildman–Crippen LogP) is 8.90. The predicted molar refractivity (Wildman–Crippen MR) is 170 cm³/mol. The number of rotatable bonds is 5. The Bertz CT molecular complexity index is 2170. The zero-order chi connectivity index (χ0) is 28.6. The van der Waals surface area contributed by atoms with Gasteiger partial charge < -0.3 is 4.42 Å². The number of pyridine rings is 1. The first-order chi connectivity index (χ1) is 21.3. The van der Waals surface area contributed by atoms with Gasteiger partial charge in [-0.3, -0.25) is 4.98 Å². The highest BCUT2D eigenvalue weighted by Crippen LogP contribution is 2.38. The molecule has 8 aromatic rings. The molecule has 43 heavy (non-hydrogen) atoms. The minimum Gasteiger partial charge on any atom is -0.436 e. The number of oxazole rings is 1. The maximum absolute atomic E-state index is 6.42. The van der Waals surface area contributed by atoms with Crippen LogP contribution in [0.2, 0.25) is 0 Å². The summed E-state index contributed by atoms with van der Waals surface area (Å²) in [6, 6.07) is 44.1. The first kappa shape index (κ1) is 24.8. The molecular formula is C37H23N5O. The van der Waals surface area contributed by atoms with Crippen molar-refractivity contribution >= 4 is 22.0 Å². The Morgan fingerprint density at radius 1 is 0.419 bits per heavy atom. The molecule has 0 bridgehead atoms. The van der Waals surface area contributed by atoms with Gasteiger partial charge in [0.05, 0.1) is 5.52 Å². The number of nitrogens with zero attached hydrogens (tertiary/aromatic N) is 5. The van der Waals surface area contributed by atoms with Gasteiger partial charge in [-0.1, -0.05) is 103 Å². The second kappa shape index (κ2) is 10.4. The fraction of sp³-hybridized carbons (Fsp3) is 0. The summed E-state index contributed by atoms with van der Waals surface area (Å²) in [7, 11) is 0. The summed E-state index contributed by atoms with van der Waals surface area (Å²) in [5.74, 6) is 2.29. The summed E-state index contributed by atoms with van der Waals surface area (Å²) in [4.78, 5) is 24.5. The topological polar surface area (TPSA) is 77.6 Å². The van der Waals surface area contributed by atoms with Crippen LogP contribution >= 0.6 is 0 Å². The molecule has 0 spiro atoms. The molecule has 0 aliphatic rings. The van der Waals surface area contributed by atoms with Crippen LogP contribution < -0.4 is 0 Å². The lowest BCUT2D eigenvalue weighted by atomic mass is 9.98. The summed E-state index contributed by atoms with van der Waals surface area (Å²) in [5, 5.41) is 1.04. The average Bonchev–Trinajstić information content (AvgIpc) is 3.53. The average molecular weight is 554 g/mol. The van der Waals surface area contributed by atoms with Crippen LogP contribution in [-0.2, 0) is 0 Å². The molecule has 0 saturated carbocycles. The Kier molecular flexibility index (Phi) is 6.01. The Hall–Kier alpha value is -6.01. The standard InChI is InChI=1S/C37H23N5O/c1-4-12-25(13-5-1)34-40-35(26-14-6-2-7-15-26)42-36(41-34)28-22-30(29-20-10-18-24-19-11-21-38-32(24)29)33-31(23-28)43-37(39-33)27-16-8-3-9-17-27/h1-23H. The second-order valence-corrected chi connectivity index (χ2v) is 10.2. The Labute approximate surface area is 247 Å². The maximum Gasteiger partial charge on any atom is 0.227 e. The quantitative estimate of drug-likeness (QED) is 0.212. The normalized spacial score (nSPS) is 11.3. The van der Waals surface area contributed by atoms with Gasteiger partial charge in [0.2, 0.25) is 5.89 Å². The van der Waals surface area contributed by atoms with Crippen LogP contribution in [0.15, 0.2) is 144 Å². The van der Waals surface area contributed by atoms with Gasteiger partial charge in [-0.05, 0) is 30.3 Å². The Morgan fingerprint density at radius 2 is 1.00 bits per heavy atom. The van der Waals surface area contributed by atoms with E-state index in [1.807, 2.05) is 115 Å². The van der Waals surface area contributed by atoms with Gasteiger partial charge in [0.1, 0.15) is 5.52 Å². The summed E-state index contributed by atoms with van der Waals surface area (Å²) in [6.45, 7) is 0. The first-order valence-corrected chi connectivity index (χ1v) is 14.0. The minimum atomic E-state index is 0.543. The van der Waals surface area contributed by atoms with Gasteiger partial charge >= 0.3 is 0 Å². The number of para-hydroxylation sites is 1. The van der Waals surface area contributed by atoms with E-state index < -0.39 is 0 Å². The molecule has 0 fully saturated rings. The van der Waals surface area contributed by atoms with E-state index in [1.165, 1.54) is 0 Å². The molecule has 0 atom stereocenters. The van der Waals surface area contributed by atoms with Gasteiger partial charge in [-0.15, -0.1) is 0 Å². The molecule has 5 aromatic carbocycles. The van der Waals surface area contributed by atoms with E-state index in [-0.39, 0.29) is 0 Å². The van der Waals surface area contributed by atoms with Crippen LogP contribution in [0.25, 0.3) is 78.7 Å². The van der Waals surface area contributed by atoms with E-state index in [9.17, 15) is 0 Å². The molecule has 0 aliphatic carbocycles. The molecule has 6 nitrogen and oxygen atoms in total. The van der Waals surface area contributed by atoms with Crippen molar-refractivity contribution in [1.29, 1.82) is 0 Å². The van der Waals surface area contributed by atoms with Crippen molar-refractivity contribution in [2.24, 2.45) is 0 Å².